The molecule has 0 spiro atoms. The Labute approximate surface area is 119 Å². The summed E-state index contributed by atoms with van der Waals surface area (Å²) < 4.78 is 6.09. The number of carbonyl (C=O) groups excluding carboxylic acids is 1. The van der Waals surface area contributed by atoms with Crippen LogP contribution in [0.1, 0.15) is 58.3 Å². The fourth-order valence-electron chi connectivity index (χ4n) is 1.59. The summed E-state index contributed by atoms with van der Waals surface area (Å²) in [5, 5.41) is 0. The summed E-state index contributed by atoms with van der Waals surface area (Å²) in [6, 6.07) is 0. The number of carbonyl (C=O) groups is 1. The molecule has 17 heavy (non-hydrogen) atoms. The van der Waals surface area contributed by atoms with Crippen molar-refractivity contribution in [1.82, 2.24) is 0 Å². The van der Waals surface area contributed by atoms with Gasteiger partial charge in [-0.05, 0) is 25.7 Å². The predicted octanol–water partition coefficient (Wildman–Crippen LogP) is 4.66. The van der Waals surface area contributed by atoms with Gasteiger partial charge in [0.05, 0.1) is 6.61 Å². The van der Waals surface area contributed by atoms with Crippen LogP contribution in [0.15, 0.2) is 12.2 Å². The summed E-state index contributed by atoms with van der Waals surface area (Å²) in [4.78, 5) is 10.5. The molecular weight excluding hydrogens is 327 g/mol. The minimum absolute atomic E-state index is 0.164. The predicted molar refractivity (Wildman–Crippen MR) is 81.6 cm³/mol. The van der Waals surface area contributed by atoms with Crippen LogP contribution in [-0.2, 0) is 9.53 Å². The number of hydrogen-bond acceptors (Lipinski definition) is 2. The van der Waals surface area contributed by atoms with Gasteiger partial charge in [-0.3, -0.25) is 4.79 Å². The first kappa shape index (κ1) is 16.9. The number of unbranched alkanes of at least 4 members (excludes halogenated alkanes) is 6. The van der Waals surface area contributed by atoms with Crippen molar-refractivity contribution in [3.05, 3.63) is 12.2 Å². The number of rotatable bonds is 11. The molecule has 2 nitrogen and oxygen atoms in total. The molecule has 0 aromatic heterocycles. The van der Waals surface area contributed by atoms with E-state index in [1.807, 2.05) is 0 Å². The monoisotopic (exact) mass is 352 g/mol. The number of allylic oxidation sites excluding steroid dienone is 2. The maximum atomic E-state index is 10.5. The van der Waals surface area contributed by atoms with Gasteiger partial charge in [0, 0.05) is 11.4 Å². The van der Waals surface area contributed by atoms with Gasteiger partial charge in [-0.1, -0.05) is 60.4 Å². The van der Waals surface area contributed by atoms with Crippen LogP contribution in [0.25, 0.3) is 0 Å². The smallest absolute Gasteiger partial charge is 0.302 e. The topological polar surface area (TPSA) is 26.3 Å². The molecule has 0 saturated carbocycles. The van der Waals surface area contributed by atoms with Gasteiger partial charge in [0.1, 0.15) is 0 Å². The molecule has 0 saturated heterocycles. The summed E-state index contributed by atoms with van der Waals surface area (Å²) in [5.74, 6) is -0.164. The van der Waals surface area contributed by atoms with Gasteiger partial charge < -0.3 is 4.74 Å². The lowest BCUT2D eigenvalue weighted by Gasteiger charge is -2.02. The van der Waals surface area contributed by atoms with E-state index in [0.29, 0.717) is 6.61 Å². The molecule has 0 radical (unpaired) electrons. The molecule has 0 bridgehead atoms. The zero-order valence-corrected chi connectivity index (χ0v) is 13.1. The van der Waals surface area contributed by atoms with E-state index in [-0.39, 0.29) is 5.97 Å². The molecule has 0 atom stereocenters. The third kappa shape index (κ3) is 15.9. The standard InChI is InChI=1S/C14H25IO2/c1-14(16)17-13-11-9-7-5-3-2-4-6-8-10-12-15/h6,8H,2-5,7,9-13H2,1H3/b8-6-. The van der Waals surface area contributed by atoms with Crippen molar-refractivity contribution in [3.63, 3.8) is 0 Å². The normalized spacial score (nSPS) is 10.9. The lowest BCUT2D eigenvalue weighted by Crippen LogP contribution is -1.99. The van der Waals surface area contributed by atoms with E-state index in [4.69, 9.17) is 4.74 Å². The Morgan fingerprint density at radius 3 is 2.24 bits per heavy atom. The zero-order chi connectivity index (χ0) is 12.8. The number of halogens is 1. The fraction of sp³-hybridized carbons (Fsp3) is 0.786. The molecule has 0 aromatic carbocycles. The van der Waals surface area contributed by atoms with Crippen LogP contribution < -0.4 is 0 Å². The van der Waals surface area contributed by atoms with E-state index >= 15 is 0 Å². The van der Waals surface area contributed by atoms with Crippen molar-refractivity contribution in [3.8, 4) is 0 Å². The highest BCUT2D eigenvalue weighted by molar-refractivity contribution is 14.1. The van der Waals surface area contributed by atoms with E-state index < -0.39 is 0 Å². The SMILES string of the molecule is CC(=O)OCCCCCCCC/C=C\CCI. The van der Waals surface area contributed by atoms with Gasteiger partial charge in [0.25, 0.3) is 0 Å². The summed E-state index contributed by atoms with van der Waals surface area (Å²) >= 11 is 2.40. The summed E-state index contributed by atoms with van der Waals surface area (Å²) in [7, 11) is 0. The molecule has 0 amide bonds. The molecule has 0 unspecified atom stereocenters. The number of hydrogen-bond donors (Lipinski definition) is 0. The zero-order valence-electron chi connectivity index (χ0n) is 10.9. The van der Waals surface area contributed by atoms with Crippen LogP contribution in [0.4, 0.5) is 0 Å². The Balaban J connectivity index is 3.01. The van der Waals surface area contributed by atoms with Crippen molar-refractivity contribution < 1.29 is 9.53 Å². The Bertz CT molecular complexity index is 202. The molecule has 100 valence electrons. The minimum Gasteiger partial charge on any atom is -0.466 e. The molecule has 0 aliphatic carbocycles. The van der Waals surface area contributed by atoms with Gasteiger partial charge in [-0.25, -0.2) is 0 Å². The third-order valence-electron chi connectivity index (χ3n) is 2.51. The molecule has 0 aliphatic heterocycles. The number of esters is 1. The first-order valence-electron chi connectivity index (χ1n) is 6.61. The largest absolute Gasteiger partial charge is 0.466 e. The van der Waals surface area contributed by atoms with Crippen molar-refractivity contribution in [2.24, 2.45) is 0 Å². The van der Waals surface area contributed by atoms with Gasteiger partial charge in [-0.15, -0.1) is 0 Å². The van der Waals surface area contributed by atoms with E-state index in [2.05, 4.69) is 34.7 Å². The average Bonchev–Trinajstić information content (AvgIpc) is 2.30. The average molecular weight is 352 g/mol. The first-order chi connectivity index (χ1) is 8.27. The van der Waals surface area contributed by atoms with E-state index in [1.54, 1.807) is 0 Å². The molecular formula is C14H25IO2. The second kappa shape index (κ2) is 14.0. The fourth-order valence-corrected chi connectivity index (χ4v) is 1.95. The van der Waals surface area contributed by atoms with Gasteiger partial charge in [-0.2, -0.15) is 0 Å². The van der Waals surface area contributed by atoms with Crippen LogP contribution in [0.2, 0.25) is 0 Å². The second-order valence-corrected chi connectivity index (χ2v) is 5.28. The Morgan fingerprint density at radius 2 is 1.59 bits per heavy atom. The van der Waals surface area contributed by atoms with E-state index in [9.17, 15) is 4.79 Å². The van der Waals surface area contributed by atoms with Gasteiger partial charge in [0.15, 0.2) is 0 Å². The van der Waals surface area contributed by atoms with Crippen molar-refractivity contribution in [2.75, 3.05) is 11.0 Å². The lowest BCUT2D eigenvalue weighted by molar-refractivity contribution is -0.141. The van der Waals surface area contributed by atoms with Crippen LogP contribution >= 0.6 is 22.6 Å². The molecule has 0 heterocycles. The van der Waals surface area contributed by atoms with Crippen molar-refractivity contribution in [2.45, 2.75) is 58.3 Å². The molecule has 0 rings (SSSR count). The van der Waals surface area contributed by atoms with Crippen LogP contribution in [-0.4, -0.2) is 17.0 Å². The van der Waals surface area contributed by atoms with Crippen LogP contribution in [0, 0.1) is 0 Å². The Kier molecular flexibility index (Phi) is 14.0. The number of ether oxygens (including phenoxy) is 1. The Hall–Kier alpha value is -0.0600. The van der Waals surface area contributed by atoms with E-state index in [1.165, 1.54) is 56.3 Å². The van der Waals surface area contributed by atoms with Crippen molar-refractivity contribution >= 4 is 28.6 Å². The van der Waals surface area contributed by atoms with Gasteiger partial charge in [0.2, 0.25) is 0 Å². The first-order valence-corrected chi connectivity index (χ1v) is 8.14. The number of alkyl halides is 1. The molecule has 3 heteroatoms. The quantitative estimate of drug-likeness (QED) is 0.178. The van der Waals surface area contributed by atoms with Crippen LogP contribution in [0.3, 0.4) is 0 Å². The van der Waals surface area contributed by atoms with E-state index in [0.717, 1.165) is 6.42 Å². The third-order valence-corrected chi connectivity index (χ3v) is 3.14. The lowest BCUT2D eigenvalue weighted by atomic mass is 10.1. The molecule has 0 aromatic rings. The maximum absolute atomic E-state index is 10.5. The summed E-state index contributed by atoms with van der Waals surface area (Å²) in [6.45, 7) is 2.06. The molecule has 0 aliphatic rings. The van der Waals surface area contributed by atoms with Gasteiger partial charge >= 0.3 is 5.97 Å². The maximum Gasteiger partial charge on any atom is 0.302 e. The Morgan fingerprint density at radius 1 is 1.00 bits per heavy atom. The summed E-state index contributed by atoms with van der Waals surface area (Å²) in [5.41, 5.74) is 0. The highest BCUT2D eigenvalue weighted by atomic mass is 127. The van der Waals surface area contributed by atoms with Crippen LogP contribution in [0.5, 0.6) is 0 Å². The highest BCUT2D eigenvalue weighted by Gasteiger charge is 1.93. The molecule has 0 fully saturated rings. The second-order valence-electron chi connectivity index (χ2n) is 4.20. The highest BCUT2D eigenvalue weighted by Crippen LogP contribution is 2.08. The van der Waals surface area contributed by atoms with Crippen molar-refractivity contribution in [1.29, 1.82) is 0 Å². The minimum atomic E-state index is -0.164. The summed E-state index contributed by atoms with van der Waals surface area (Å²) in [6.07, 6.45) is 14.4. The molecule has 0 N–H and O–H groups in total.